The van der Waals surface area contributed by atoms with Crippen molar-refractivity contribution in [3.8, 4) is 0 Å². The van der Waals surface area contributed by atoms with Crippen LogP contribution < -0.4 is 0 Å². The molecule has 0 aliphatic heterocycles. The van der Waals surface area contributed by atoms with Crippen LogP contribution in [0.2, 0.25) is 0 Å². The number of benzene rings is 1. The normalized spacial score (nSPS) is 12.7. The largest absolute Gasteiger partial charge is 0.0649 e. The molecule has 0 saturated heterocycles. The van der Waals surface area contributed by atoms with Gasteiger partial charge in [-0.15, -0.1) is 0 Å². The zero-order chi connectivity index (χ0) is 13.6. The maximum Gasteiger partial charge on any atom is -0.00470 e. The smallest absolute Gasteiger partial charge is 0.00470 e. The summed E-state index contributed by atoms with van der Waals surface area (Å²) < 4.78 is 0. The molecule has 0 bridgehead atoms. The summed E-state index contributed by atoms with van der Waals surface area (Å²) in [6.45, 7) is 11.8. The van der Waals surface area contributed by atoms with Crippen molar-refractivity contribution in [1.29, 1.82) is 0 Å². The Morgan fingerprint density at radius 1 is 0.778 bits per heavy atom. The van der Waals surface area contributed by atoms with Crippen LogP contribution in [-0.4, -0.2) is 0 Å². The summed E-state index contributed by atoms with van der Waals surface area (Å²) in [5.41, 5.74) is 2.37. The van der Waals surface area contributed by atoms with Crippen LogP contribution in [0.25, 0.3) is 0 Å². The van der Waals surface area contributed by atoms with Crippen molar-refractivity contribution in [2.75, 3.05) is 0 Å². The molecule has 0 amide bonds. The summed E-state index contributed by atoms with van der Waals surface area (Å²) >= 11 is 0. The van der Waals surface area contributed by atoms with E-state index < -0.39 is 0 Å². The van der Waals surface area contributed by atoms with Gasteiger partial charge in [0.05, 0.1) is 0 Å². The van der Waals surface area contributed by atoms with Crippen molar-refractivity contribution in [3.63, 3.8) is 0 Å². The van der Waals surface area contributed by atoms with Crippen LogP contribution in [0.15, 0.2) is 30.3 Å². The van der Waals surface area contributed by atoms with Gasteiger partial charge in [0.1, 0.15) is 0 Å². The number of rotatable bonds is 7. The Morgan fingerprint density at radius 2 is 1.28 bits per heavy atom. The fraction of sp³-hybridized carbons (Fsp3) is 0.667. The Kier molecular flexibility index (Phi) is 5.44. The lowest BCUT2D eigenvalue weighted by Gasteiger charge is -2.41. The number of hydrogen-bond donors (Lipinski definition) is 0. The van der Waals surface area contributed by atoms with Gasteiger partial charge >= 0.3 is 0 Å². The summed E-state index contributed by atoms with van der Waals surface area (Å²) in [7, 11) is 0. The molecule has 0 aliphatic rings. The van der Waals surface area contributed by atoms with Crippen molar-refractivity contribution in [2.24, 2.45) is 5.41 Å². The van der Waals surface area contributed by atoms with Crippen molar-refractivity contribution < 1.29 is 0 Å². The first kappa shape index (κ1) is 15.3. The van der Waals surface area contributed by atoms with E-state index in [2.05, 4.69) is 65.0 Å². The molecule has 0 heterocycles. The first-order valence-corrected chi connectivity index (χ1v) is 7.61. The Morgan fingerprint density at radius 3 is 1.67 bits per heavy atom. The molecule has 1 rings (SSSR count). The molecular weight excluding hydrogens is 216 g/mol. The molecule has 0 nitrogen and oxygen atoms in total. The van der Waals surface area contributed by atoms with Crippen molar-refractivity contribution in [2.45, 2.75) is 72.1 Å². The van der Waals surface area contributed by atoms with Gasteiger partial charge < -0.3 is 0 Å². The average Bonchev–Trinajstić information content (AvgIpc) is 2.45. The Hall–Kier alpha value is -0.780. The molecule has 0 atom stereocenters. The van der Waals surface area contributed by atoms with E-state index in [0.717, 1.165) is 0 Å². The molecule has 0 aromatic heterocycles. The highest BCUT2D eigenvalue weighted by Gasteiger charge is 2.35. The van der Waals surface area contributed by atoms with Crippen LogP contribution in [0.3, 0.4) is 0 Å². The van der Waals surface area contributed by atoms with Crippen molar-refractivity contribution >= 4 is 0 Å². The second-order valence-electron chi connectivity index (χ2n) is 6.05. The zero-order valence-corrected chi connectivity index (χ0v) is 12.9. The number of hydrogen-bond acceptors (Lipinski definition) is 0. The highest BCUT2D eigenvalue weighted by atomic mass is 14.4. The molecule has 0 unspecified atom stereocenters. The molecular formula is C18H30. The third-order valence-corrected chi connectivity index (χ3v) is 5.21. The van der Waals surface area contributed by atoms with Gasteiger partial charge in [0.2, 0.25) is 0 Å². The predicted molar refractivity (Wildman–Crippen MR) is 82.0 cm³/mol. The highest BCUT2D eigenvalue weighted by Crippen LogP contribution is 2.45. The minimum Gasteiger partial charge on any atom is -0.0649 e. The lowest BCUT2D eigenvalue weighted by molar-refractivity contribution is 0.183. The van der Waals surface area contributed by atoms with E-state index in [0.29, 0.717) is 10.8 Å². The second-order valence-corrected chi connectivity index (χ2v) is 6.05. The molecule has 0 spiro atoms. The van der Waals surface area contributed by atoms with Crippen LogP contribution in [0.1, 0.15) is 72.3 Å². The molecule has 0 N–H and O–H groups in total. The molecule has 18 heavy (non-hydrogen) atoms. The van der Waals surface area contributed by atoms with Crippen LogP contribution in [0, 0.1) is 5.41 Å². The molecule has 1 aromatic carbocycles. The lowest BCUT2D eigenvalue weighted by atomic mass is 9.64. The van der Waals surface area contributed by atoms with Crippen LogP contribution in [-0.2, 0) is 5.41 Å². The minimum atomic E-state index is 0.363. The first-order valence-electron chi connectivity index (χ1n) is 7.61. The highest BCUT2D eigenvalue weighted by molar-refractivity contribution is 5.25. The predicted octanol–water partition coefficient (Wildman–Crippen LogP) is 5.96. The van der Waals surface area contributed by atoms with Gasteiger partial charge in [-0.3, -0.25) is 0 Å². The van der Waals surface area contributed by atoms with Gasteiger partial charge in [0.25, 0.3) is 0 Å². The van der Waals surface area contributed by atoms with Gasteiger partial charge in [0, 0.05) is 0 Å². The minimum absolute atomic E-state index is 0.363. The molecule has 0 heteroatoms. The van der Waals surface area contributed by atoms with Gasteiger partial charge in [-0.05, 0) is 35.7 Å². The van der Waals surface area contributed by atoms with Crippen molar-refractivity contribution in [1.82, 2.24) is 0 Å². The summed E-state index contributed by atoms with van der Waals surface area (Å²) in [6, 6.07) is 11.1. The van der Waals surface area contributed by atoms with E-state index in [1.807, 2.05) is 0 Å². The van der Waals surface area contributed by atoms with Gasteiger partial charge in [-0.1, -0.05) is 77.8 Å². The van der Waals surface area contributed by atoms with Gasteiger partial charge in [-0.2, -0.15) is 0 Å². The quantitative estimate of drug-likeness (QED) is 0.556. The van der Waals surface area contributed by atoms with E-state index in [1.165, 1.54) is 37.7 Å². The molecule has 0 saturated carbocycles. The molecule has 0 radical (unpaired) electrons. The maximum atomic E-state index is 2.45. The molecule has 0 fully saturated rings. The third-order valence-electron chi connectivity index (χ3n) is 5.21. The van der Waals surface area contributed by atoms with E-state index in [1.54, 1.807) is 0 Å². The van der Waals surface area contributed by atoms with Crippen LogP contribution in [0.4, 0.5) is 0 Å². The zero-order valence-electron chi connectivity index (χ0n) is 12.9. The Bertz CT molecular complexity index is 328. The van der Waals surface area contributed by atoms with Crippen LogP contribution >= 0.6 is 0 Å². The standard InChI is InChI=1S/C18H30/c1-6-17(5,7-2)15-18(8-3,9-4)16-13-11-10-12-14-16/h10-14H,6-9,15H2,1-5H3. The SMILES string of the molecule is CCC(C)(CC)CC(CC)(CC)c1ccccc1. The van der Waals surface area contributed by atoms with E-state index >= 15 is 0 Å². The topological polar surface area (TPSA) is 0 Å². The van der Waals surface area contributed by atoms with E-state index in [4.69, 9.17) is 0 Å². The third kappa shape index (κ3) is 3.16. The van der Waals surface area contributed by atoms with Gasteiger partial charge in [0.15, 0.2) is 0 Å². The van der Waals surface area contributed by atoms with E-state index in [-0.39, 0.29) is 0 Å². The monoisotopic (exact) mass is 246 g/mol. The summed E-state index contributed by atoms with van der Waals surface area (Å²) in [5, 5.41) is 0. The summed E-state index contributed by atoms with van der Waals surface area (Å²) in [5.74, 6) is 0. The second kappa shape index (κ2) is 6.41. The molecule has 102 valence electrons. The molecule has 1 aromatic rings. The van der Waals surface area contributed by atoms with Gasteiger partial charge in [-0.25, -0.2) is 0 Å². The summed E-state index contributed by atoms with van der Waals surface area (Å²) in [4.78, 5) is 0. The maximum absolute atomic E-state index is 2.45. The van der Waals surface area contributed by atoms with Crippen LogP contribution in [0.5, 0.6) is 0 Å². The van der Waals surface area contributed by atoms with Crippen molar-refractivity contribution in [3.05, 3.63) is 35.9 Å². The van der Waals surface area contributed by atoms with E-state index in [9.17, 15) is 0 Å². The Balaban J connectivity index is 3.08. The fourth-order valence-corrected chi connectivity index (χ4v) is 3.12. The average molecular weight is 246 g/mol. The first-order chi connectivity index (χ1) is 8.55. The Labute approximate surface area is 114 Å². The summed E-state index contributed by atoms with van der Waals surface area (Å²) in [6.07, 6.45) is 6.34. The molecule has 0 aliphatic carbocycles. The fourth-order valence-electron chi connectivity index (χ4n) is 3.12. The lowest BCUT2D eigenvalue weighted by Crippen LogP contribution is -2.32.